The summed E-state index contributed by atoms with van der Waals surface area (Å²) in [5.41, 5.74) is -0.0289. The molecule has 116 valence electrons. The van der Waals surface area contributed by atoms with Crippen molar-refractivity contribution in [1.82, 2.24) is 9.21 Å². The van der Waals surface area contributed by atoms with Crippen LogP contribution in [-0.2, 0) is 14.8 Å². The number of rotatable bonds is 3. The summed E-state index contributed by atoms with van der Waals surface area (Å²) >= 11 is 0.901. The van der Waals surface area contributed by atoms with Gasteiger partial charge in [-0.2, -0.15) is 4.31 Å². The van der Waals surface area contributed by atoms with Gasteiger partial charge in [0.05, 0.1) is 5.56 Å². The number of hydrogen-bond donors (Lipinski definition) is 1. The number of carbonyl (C=O) groups excluding carboxylic acids is 1. The van der Waals surface area contributed by atoms with Crippen molar-refractivity contribution in [3.63, 3.8) is 0 Å². The first-order valence-corrected chi connectivity index (χ1v) is 8.72. The maximum atomic E-state index is 12.5. The lowest BCUT2D eigenvalue weighted by Gasteiger charge is -2.20. The monoisotopic (exact) mass is 332 g/mol. The molecule has 9 heteroatoms. The molecule has 1 saturated heterocycles. The van der Waals surface area contributed by atoms with E-state index in [-0.39, 0.29) is 22.2 Å². The molecule has 0 aliphatic carbocycles. The largest absolute Gasteiger partial charge is 0.478 e. The molecule has 1 amide bonds. The summed E-state index contributed by atoms with van der Waals surface area (Å²) in [5.74, 6) is -1.22. The van der Waals surface area contributed by atoms with Gasteiger partial charge in [0.2, 0.25) is 5.91 Å². The van der Waals surface area contributed by atoms with Crippen LogP contribution in [0.2, 0.25) is 0 Å². The van der Waals surface area contributed by atoms with Gasteiger partial charge in [0, 0.05) is 38.5 Å². The van der Waals surface area contributed by atoms with Crippen molar-refractivity contribution >= 4 is 33.2 Å². The molecule has 0 atom stereocenters. The first-order valence-electron chi connectivity index (χ1n) is 6.40. The highest BCUT2D eigenvalue weighted by Crippen LogP contribution is 2.25. The number of carbonyl (C=O) groups is 2. The zero-order valence-corrected chi connectivity index (χ0v) is 13.1. The second kappa shape index (κ2) is 6.12. The van der Waals surface area contributed by atoms with Crippen LogP contribution < -0.4 is 0 Å². The average Bonchev–Trinajstić information content (AvgIpc) is 2.77. The number of aromatic carboxylic acids is 1. The Labute approximate surface area is 126 Å². The topological polar surface area (TPSA) is 95.0 Å². The number of carboxylic acids is 1. The molecule has 1 aromatic rings. The lowest BCUT2D eigenvalue weighted by molar-refractivity contribution is -0.128. The van der Waals surface area contributed by atoms with Crippen LogP contribution in [0.3, 0.4) is 0 Å². The first-order chi connectivity index (χ1) is 9.82. The van der Waals surface area contributed by atoms with Crippen molar-refractivity contribution in [3.05, 3.63) is 17.0 Å². The SMILES string of the molecule is CC(=O)N1CCCN(S(=O)(=O)c2cc(C(=O)O)cs2)CC1. The summed E-state index contributed by atoms with van der Waals surface area (Å²) in [6.07, 6.45) is 0.565. The van der Waals surface area contributed by atoms with Crippen molar-refractivity contribution in [2.24, 2.45) is 0 Å². The van der Waals surface area contributed by atoms with Gasteiger partial charge in [0.25, 0.3) is 10.0 Å². The van der Waals surface area contributed by atoms with Crippen LogP contribution in [0, 0.1) is 0 Å². The van der Waals surface area contributed by atoms with Gasteiger partial charge in [-0.15, -0.1) is 11.3 Å². The predicted molar refractivity (Wildman–Crippen MR) is 76.9 cm³/mol. The van der Waals surface area contributed by atoms with E-state index in [2.05, 4.69) is 0 Å². The Bertz CT molecular complexity index is 652. The molecule has 1 fully saturated rings. The van der Waals surface area contributed by atoms with E-state index in [1.165, 1.54) is 22.7 Å². The minimum Gasteiger partial charge on any atom is -0.478 e. The van der Waals surface area contributed by atoms with Gasteiger partial charge in [-0.3, -0.25) is 4.79 Å². The van der Waals surface area contributed by atoms with Crippen LogP contribution in [0.5, 0.6) is 0 Å². The number of nitrogens with zero attached hydrogens (tertiary/aromatic N) is 2. The molecule has 1 aliphatic rings. The van der Waals surface area contributed by atoms with Crippen molar-refractivity contribution in [3.8, 4) is 0 Å². The number of amides is 1. The Balaban J connectivity index is 2.19. The van der Waals surface area contributed by atoms with Crippen molar-refractivity contribution < 1.29 is 23.1 Å². The van der Waals surface area contributed by atoms with Crippen LogP contribution in [0.25, 0.3) is 0 Å². The normalized spacial score (nSPS) is 17.5. The predicted octanol–water partition coefficient (Wildman–Crippen LogP) is 0.689. The molecule has 0 bridgehead atoms. The Morgan fingerprint density at radius 2 is 1.95 bits per heavy atom. The zero-order chi connectivity index (χ0) is 15.6. The highest BCUT2D eigenvalue weighted by atomic mass is 32.2. The summed E-state index contributed by atoms with van der Waals surface area (Å²) in [6, 6.07) is 1.18. The third kappa shape index (κ3) is 3.42. The van der Waals surface area contributed by atoms with E-state index in [1.54, 1.807) is 4.90 Å². The molecule has 0 spiro atoms. The van der Waals surface area contributed by atoms with Gasteiger partial charge in [0.15, 0.2) is 0 Å². The van der Waals surface area contributed by atoms with E-state index in [9.17, 15) is 18.0 Å². The first kappa shape index (κ1) is 15.9. The fourth-order valence-corrected chi connectivity index (χ4v) is 4.92. The maximum absolute atomic E-state index is 12.5. The molecule has 21 heavy (non-hydrogen) atoms. The van der Waals surface area contributed by atoms with Crippen LogP contribution >= 0.6 is 11.3 Å². The molecular weight excluding hydrogens is 316 g/mol. The summed E-state index contributed by atoms with van der Waals surface area (Å²) in [5, 5.41) is 10.2. The minimum absolute atomic E-state index is 0.0242. The van der Waals surface area contributed by atoms with Crippen molar-refractivity contribution in [2.75, 3.05) is 26.2 Å². The Morgan fingerprint density at radius 3 is 2.52 bits per heavy atom. The summed E-state index contributed by atoms with van der Waals surface area (Å²) in [4.78, 5) is 23.8. The summed E-state index contributed by atoms with van der Waals surface area (Å²) in [7, 11) is -3.70. The standard InChI is InChI=1S/C12H16N2O5S2/c1-9(15)13-3-2-4-14(6-5-13)21(18,19)11-7-10(8-20-11)12(16)17/h7-8H,2-6H2,1H3,(H,16,17). The van der Waals surface area contributed by atoms with Crippen LogP contribution in [-0.4, -0.2) is 60.8 Å². The molecule has 0 aromatic carbocycles. The molecule has 1 aliphatic heterocycles. The lowest BCUT2D eigenvalue weighted by atomic mass is 10.4. The molecule has 1 aromatic heterocycles. The number of sulfonamides is 1. The molecule has 0 saturated carbocycles. The van der Waals surface area contributed by atoms with Gasteiger partial charge in [-0.05, 0) is 12.5 Å². The maximum Gasteiger partial charge on any atom is 0.336 e. The highest BCUT2D eigenvalue weighted by Gasteiger charge is 2.29. The highest BCUT2D eigenvalue weighted by molar-refractivity contribution is 7.91. The zero-order valence-electron chi connectivity index (χ0n) is 11.5. The van der Waals surface area contributed by atoms with Gasteiger partial charge in [0.1, 0.15) is 4.21 Å². The molecule has 1 N–H and O–H groups in total. The summed E-state index contributed by atoms with van der Waals surface area (Å²) in [6.45, 7) is 2.90. The van der Waals surface area contributed by atoms with E-state index in [0.717, 1.165) is 11.3 Å². The second-order valence-corrected chi connectivity index (χ2v) is 7.80. The van der Waals surface area contributed by atoms with Gasteiger partial charge in [-0.1, -0.05) is 0 Å². The lowest BCUT2D eigenvalue weighted by Crippen LogP contribution is -2.36. The van der Waals surface area contributed by atoms with E-state index < -0.39 is 16.0 Å². The average molecular weight is 332 g/mol. The Hall–Kier alpha value is -1.45. The van der Waals surface area contributed by atoms with E-state index in [4.69, 9.17) is 5.11 Å². The smallest absolute Gasteiger partial charge is 0.336 e. The van der Waals surface area contributed by atoms with Gasteiger partial charge >= 0.3 is 5.97 Å². The quantitative estimate of drug-likeness (QED) is 0.879. The molecule has 0 radical (unpaired) electrons. The number of carboxylic acid groups (broad SMARTS) is 1. The Kier molecular flexibility index (Phi) is 4.64. The Morgan fingerprint density at radius 1 is 1.24 bits per heavy atom. The summed E-state index contributed by atoms with van der Waals surface area (Å²) < 4.78 is 26.3. The fourth-order valence-electron chi connectivity index (χ4n) is 2.14. The molecular formula is C12H16N2O5S2. The second-order valence-electron chi connectivity index (χ2n) is 4.72. The molecule has 0 unspecified atom stereocenters. The molecule has 7 nitrogen and oxygen atoms in total. The third-order valence-electron chi connectivity index (χ3n) is 3.32. The number of thiophene rings is 1. The van der Waals surface area contributed by atoms with E-state index in [1.807, 2.05) is 0 Å². The molecule has 2 rings (SSSR count). The van der Waals surface area contributed by atoms with Gasteiger partial charge < -0.3 is 10.0 Å². The van der Waals surface area contributed by atoms with Crippen LogP contribution in [0.15, 0.2) is 15.7 Å². The van der Waals surface area contributed by atoms with Crippen molar-refractivity contribution in [1.29, 1.82) is 0 Å². The van der Waals surface area contributed by atoms with Crippen LogP contribution in [0.4, 0.5) is 0 Å². The van der Waals surface area contributed by atoms with E-state index >= 15 is 0 Å². The van der Waals surface area contributed by atoms with Gasteiger partial charge in [-0.25, -0.2) is 13.2 Å². The number of hydrogen-bond acceptors (Lipinski definition) is 5. The van der Waals surface area contributed by atoms with Crippen molar-refractivity contribution in [2.45, 2.75) is 17.6 Å². The third-order valence-corrected chi connectivity index (χ3v) is 6.63. The van der Waals surface area contributed by atoms with E-state index in [0.29, 0.717) is 26.1 Å². The molecule has 2 heterocycles. The van der Waals surface area contributed by atoms with Crippen LogP contribution in [0.1, 0.15) is 23.7 Å². The minimum atomic E-state index is -3.70. The fraction of sp³-hybridized carbons (Fsp3) is 0.500.